The fraction of sp³-hybridized carbons (Fsp3) is 0.385. The molecule has 1 aliphatic rings. The molecule has 1 fully saturated rings. The van der Waals surface area contributed by atoms with Gasteiger partial charge in [-0.1, -0.05) is 30.3 Å². The largest absolute Gasteiger partial charge is 0.497 e. The molecular weight excluding hydrogens is 438 g/mol. The molecule has 1 saturated heterocycles. The van der Waals surface area contributed by atoms with Crippen LogP contribution in [0.25, 0.3) is 10.8 Å². The summed E-state index contributed by atoms with van der Waals surface area (Å²) in [4.78, 5) is 2.59. The lowest BCUT2D eigenvalue weighted by Crippen LogP contribution is -2.38. The van der Waals surface area contributed by atoms with E-state index < -0.39 is 10.1 Å². The third kappa shape index (κ3) is 6.47. The number of ether oxygens (including phenoxy) is 2. The third-order valence-corrected chi connectivity index (χ3v) is 7.30. The van der Waals surface area contributed by atoms with Crippen molar-refractivity contribution in [2.75, 3.05) is 40.0 Å². The average molecular weight is 470 g/mol. The second-order valence-electron chi connectivity index (χ2n) is 8.44. The number of rotatable bonds is 10. The quantitative estimate of drug-likeness (QED) is 0.316. The number of hydrogen-bond acceptors (Lipinski definition) is 6. The Hall–Kier alpha value is -2.61. The number of methoxy groups -OCH3 is 1. The molecule has 6 nitrogen and oxygen atoms in total. The molecule has 0 saturated carbocycles. The van der Waals surface area contributed by atoms with Crippen molar-refractivity contribution in [1.29, 1.82) is 0 Å². The van der Waals surface area contributed by atoms with Crippen LogP contribution in [0.1, 0.15) is 19.3 Å². The van der Waals surface area contributed by atoms with Gasteiger partial charge in [-0.3, -0.25) is 4.18 Å². The summed E-state index contributed by atoms with van der Waals surface area (Å²) in [7, 11) is -2.02. The van der Waals surface area contributed by atoms with E-state index in [1.54, 1.807) is 37.4 Å². The van der Waals surface area contributed by atoms with E-state index in [4.69, 9.17) is 13.7 Å². The lowest BCUT2D eigenvalue weighted by Gasteiger charge is -2.32. The minimum Gasteiger partial charge on any atom is -0.497 e. The molecule has 33 heavy (non-hydrogen) atoms. The standard InChI is InChI=1S/C26H31NO5S/c1-30-24-12-10-23-18-25(13-11-22(23)17-24)31-16-6-15-27-14-5-7-21(19-27)20-32-33(28,29)26-8-3-2-4-9-26/h2-4,8-13,17-18,21H,5-7,14-16,19-20H2,1H3. The normalized spacial score (nSPS) is 17.2. The zero-order valence-corrected chi connectivity index (χ0v) is 19.8. The first-order valence-corrected chi connectivity index (χ1v) is 12.8. The third-order valence-electron chi connectivity index (χ3n) is 6.00. The monoisotopic (exact) mass is 469 g/mol. The Morgan fingerprint density at radius 2 is 1.70 bits per heavy atom. The first-order valence-electron chi connectivity index (χ1n) is 11.4. The summed E-state index contributed by atoms with van der Waals surface area (Å²) in [6.07, 6.45) is 2.95. The average Bonchev–Trinajstić information content (AvgIpc) is 2.86. The van der Waals surface area contributed by atoms with Crippen LogP contribution in [0.4, 0.5) is 0 Å². The van der Waals surface area contributed by atoms with Crippen LogP contribution < -0.4 is 9.47 Å². The van der Waals surface area contributed by atoms with Crippen molar-refractivity contribution in [3.63, 3.8) is 0 Å². The second kappa shape index (κ2) is 11.0. The number of piperidine rings is 1. The first-order chi connectivity index (χ1) is 16.0. The van der Waals surface area contributed by atoms with Crippen molar-refractivity contribution in [3.05, 3.63) is 66.7 Å². The number of hydrogen-bond donors (Lipinski definition) is 0. The van der Waals surface area contributed by atoms with Gasteiger partial charge in [-0.2, -0.15) is 8.42 Å². The molecule has 1 atom stereocenters. The molecule has 1 aliphatic heterocycles. The maximum Gasteiger partial charge on any atom is 0.296 e. The summed E-state index contributed by atoms with van der Waals surface area (Å²) >= 11 is 0. The number of likely N-dealkylation sites (tertiary alicyclic amines) is 1. The molecule has 176 valence electrons. The highest BCUT2D eigenvalue weighted by Crippen LogP contribution is 2.25. The molecule has 0 spiro atoms. The van der Waals surface area contributed by atoms with Gasteiger partial charge >= 0.3 is 0 Å². The summed E-state index contributed by atoms with van der Waals surface area (Å²) in [6, 6.07) is 20.4. The van der Waals surface area contributed by atoms with Crippen molar-refractivity contribution in [3.8, 4) is 11.5 Å². The number of fused-ring (bicyclic) bond motifs is 1. The van der Waals surface area contributed by atoms with Gasteiger partial charge in [0.15, 0.2) is 0 Å². The van der Waals surface area contributed by atoms with Crippen LogP contribution in [0.15, 0.2) is 71.6 Å². The second-order valence-corrected chi connectivity index (χ2v) is 10.1. The van der Waals surface area contributed by atoms with E-state index >= 15 is 0 Å². The van der Waals surface area contributed by atoms with E-state index in [9.17, 15) is 8.42 Å². The molecule has 3 aromatic carbocycles. The predicted molar refractivity (Wildman–Crippen MR) is 129 cm³/mol. The molecule has 7 heteroatoms. The summed E-state index contributed by atoms with van der Waals surface area (Å²) in [5, 5.41) is 2.25. The van der Waals surface area contributed by atoms with Gasteiger partial charge in [0.1, 0.15) is 11.5 Å². The molecule has 0 aromatic heterocycles. The van der Waals surface area contributed by atoms with Crippen LogP contribution >= 0.6 is 0 Å². The van der Waals surface area contributed by atoms with Crippen LogP contribution in [0.2, 0.25) is 0 Å². The van der Waals surface area contributed by atoms with Gasteiger partial charge in [0.25, 0.3) is 10.1 Å². The zero-order valence-electron chi connectivity index (χ0n) is 19.0. The molecular formula is C26H31NO5S. The molecule has 0 radical (unpaired) electrons. The van der Waals surface area contributed by atoms with Crippen LogP contribution in [0, 0.1) is 5.92 Å². The van der Waals surface area contributed by atoms with E-state index in [1.807, 2.05) is 30.3 Å². The molecule has 1 heterocycles. The molecule has 3 aromatic rings. The van der Waals surface area contributed by atoms with Gasteiger partial charge in [-0.15, -0.1) is 0 Å². The fourth-order valence-electron chi connectivity index (χ4n) is 4.23. The first kappa shape index (κ1) is 23.5. The van der Waals surface area contributed by atoms with Crippen LogP contribution in [-0.2, 0) is 14.3 Å². The predicted octanol–water partition coefficient (Wildman–Crippen LogP) is 4.73. The lowest BCUT2D eigenvalue weighted by atomic mass is 9.99. The Morgan fingerprint density at radius 3 is 2.45 bits per heavy atom. The van der Waals surface area contributed by atoms with E-state index in [-0.39, 0.29) is 17.4 Å². The molecule has 0 amide bonds. The van der Waals surface area contributed by atoms with Crippen LogP contribution in [-0.4, -0.2) is 53.3 Å². The lowest BCUT2D eigenvalue weighted by molar-refractivity contribution is 0.126. The molecule has 0 bridgehead atoms. The molecule has 1 unspecified atom stereocenters. The molecule has 0 N–H and O–H groups in total. The highest BCUT2D eigenvalue weighted by atomic mass is 32.2. The highest BCUT2D eigenvalue weighted by Gasteiger charge is 2.23. The van der Waals surface area contributed by atoms with Crippen molar-refractivity contribution in [2.45, 2.75) is 24.2 Å². The fourth-order valence-corrected chi connectivity index (χ4v) is 5.23. The zero-order chi connectivity index (χ0) is 23.1. The summed E-state index contributed by atoms with van der Waals surface area (Å²) < 4.78 is 41.3. The Balaban J connectivity index is 1.20. The molecule has 4 rings (SSSR count). The van der Waals surface area contributed by atoms with E-state index in [2.05, 4.69) is 11.0 Å². The van der Waals surface area contributed by atoms with Gasteiger partial charge in [0, 0.05) is 13.1 Å². The van der Waals surface area contributed by atoms with E-state index in [0.29, 0.717) is 6.61 Å². The van der Waals surface area contributed by atoms with Gasteiger partial charge in [-0.05, 0) is 78.9 Å². The summed E-state index contributed by atoms with van der Waals surface area (Å²) in [6.45, 7) is 3.67. The number of benzene rings is 3. The SMILES string of the molecule is COc1ccc2cc(OCCCN3CCCC(COS(=O)(=O)c4ccccc4)C3)ccc2c1. The van der Waals surface area contributed by atoms with Crippen LogP contribution in [0.5, 0.6) is 11.5 Å². The van der Waals surface area contributed by atoms with E-state index in [0.717, 1.165) is 61.2 Å². The maximum atomic E-state index is 12.4. The Morgan fingerprint density at radius 1 is 0.970 bits per heavy atom. The van der Waals surface area contributed by atoms with Gasteiger partial charge in [-0.25, -0.2) is 0 Å². The van der Waals surface area contributed by atoms with Crippen LogP contribution in [0.3, 0.4) is 0 Å². The van der Waals surface area contributed by atoms with Gasteiger partial charge in [0.05, 0.1) is 25.2 Å². The van der Waals surface area contributed by atoms with Crippen molar-refractivity contribution >= 4 is 20.9 Å². The summed E-state index contributed by atoms with van der Waals surface area (Å²) in [5.74, 6) is 1.93. The Bertz CT molecular complexity index is 1150. The van der Waals surface area contributed by atoms with Crippen molar-refractivity contribution in [1.82, 2.24) is 4.90 Å². The number of nitrogens with zero attached hydrogens (tertiary/aromatic N) is 1. The van der Waals surface area contributed by atoms with Gasteiger partial charge < -0.3 is 14.4 Å². The topological polar surface area (TPSA) is 65.1 Å². The highest BCUT2D eigenvalue weighted by molar-refractivity contribution is 7.86. The van der Waals surface area contributed by atoms with Crippen molar-refractivity contribution in [2.24, 2.45) is 5.92 Å². The minimum atomic E-state index is -3.69. The maximum absolute atomic E-state index is 12.4. The smallest absolute Gasteiger partial charge is 0.296 e. The molecule has 0 aliphatic carbocycles. The van der Waals surface area contributed by atoms with E-state index in [1.165, 1.54) is 0 Å². The summed E-state index contributed by atoms with van der Waals surface area (Å²) in [5.41, 5.74) is 0. The Kier molecular flexibility index (Phi) is 7.85. The minimum absolute atomic E-state index is 0.211. The van der Waals surface area contributed by atoms with Crippen molar-refractivity contribution < 1.29 is 22.1 Å². The Labute approximate surface area is 196 Å². The van der Waals surface area contributed by atoms with Gasteiger partial charge in [0.2, 0.25) is 0 Å².